The fourth-order valence-electron chi connectivity index (χ4n) is 3.89. The molecule has 0 saturated heterocycles. The van der Waals surface area contributed by atoms with Gasteiger partial charge in [0.2, 0.25) is 11.9 Å². The van der Waals surface area contributed by atoms with Gasteiger partial charge in [-0.1, -0.05) is 12.1 Å². The maximum Gasteiger partial charge on any atom is 0.586 e. The molecule has 8 nitrogen and oxygen atoms in total. The molecule has 1 saturated carbocycles. The highest BCUT2D eigenvalue weighted by molar-refractivity contribution is 6.02. The molecule has 0 bridgehead atoms. The third kappa shape index (κ3) is 5.23. The van der Waals surface area contributed by atoms with Gasteiger partial charge >= 0.3 is 12.3 Å². The lowest BCUT2D eigenvalue weighted by molar-refractivity contribution is -0.286. The molecule has 0 atom stereocenters. The number of benzene rings is 2. The number of rotatable bonds is 5. The highest BCUT2D eigenvalue weighted by Gasteiger charge is 2.44. The van der Waals surface area contributed by atoms with Crippen LogP contribution in [0, 0.1) is 12.8 Å². The normalized spacial score (nSPS) is 15.8. The summed E-state index contributed by atoms with van der Waals surface area (Å²) in [4.78, 5) is 36.3. The first-order valence-electron chi connectivity index (χ1n) is 11.8. The molecule has 0 unspecified atom stereocenters. The predicted octanol–water partition coefficient (Wildman–Crippen LogP) is 5.80. The average molecular weight is 510 g/mol. The lowest BCUT2D eigenvalue weighted by Crippen LogP contribution is -2.29. The number of ether oxygens (including phenoxy) is 3. The smallest absolute Gasteiger partial charge is 0.456 e. The number of esters is 1. The van der Waals surface area contributed by atoms with Gasteiger partial charge in [-0.05, 0) is 70.4 Å². The van der Waals surface area contributed by atoms with Gasteiger partial charge in [0, 0.05) is 23.7 Å². The Morgan fingerprint density at radius 3 is 2.51 bits per heavy atom. The first kappa shape index (κ1) is 24.6. The quantitative estimate of drug-likeness (QED) is 0.401. The van der Waals surface area contributed by atoms with Crippen LogP contribution in [0.2, 0.25) is 0 Å². The number of aromatic nitrogens is 2. The third-order valence-electron chi connectivity index (χ3n) is 5.72. The van der Waals surface area contributed by atoms with Crippen LogP contribution >= 0.6 is 0 Å². The van der Waals surface area contributed by atoms with Gasteiger partial charge < -0.3 is 14.2 Å². The fraction of sp³-hybridized carbons (Fsp3) is 0.333. The average Bonchev–Trinajstić information content (AvgIpc) is 3.61. The molecule has 3 aromatic rings. The molecule has 1 aliphatic carbocycles. The van der Waals surface area contributed by atoms with Crippen molar-refractivity contribution >= 4 is 23.5 Å². The van der Waals surface area contributed by atoms with Gasteiger partial charge in [-0.2, -0.15) is 0 Å². The van der Waals surface area contributed by atoms with Gasteiger partial charge in [0.15, 0.2) is 11.5 Å². The van der Waals surface area contributed by atoms with Gasteiger partial charge in [-0.15, -0.1) is 8.78 Å². The van der Waals surface area contributed by atoms with E-state index in [4.69, 9.17) is 4.74 Å². The maximum atomic E-state index is 13.6. The molecule has 0 N–H and O–H groups in total. The second kappa shape index (κ2) is 8.79. The van der Waals surface area contributed by atoms with Gasteiger partial charge in [-0.3, -0.25) is 4.79 Å². The number of hydrogen-bond donors (Lipinski definition) is 0. The molecular formula is C27H25F2N3O5. The van der Waals surface area contributed by atoms with Crippen molar-refractivity contribution in [2.24, 2.45) is 5.92 Å². The summed E-state index contributed by atoms with van der Waals surface area (Å²) in [5, 5.41) is 0. The lowest BCUT2D eigenvalue weighted by Gasteiger charge is -2.22. The molecule has 2 aliphatic rings. The minimum atomic E-state index is -3.78. The number of carbonyl (C=O) groups excluding carboxylic acids is 2. The van der Waals surface area contributed by atoms with Crippen LogP contribution in [0.1, 0.15) is 49.5 Å². The van der Waals surface area contributed by atoms with Crippen LogP contribution in [-0.2, 0) is 9.53 Å². The van der Waals surface area contributed by atoms with E-state index in [1.165, 1.54) is 23.1 Å². The summed E-state index contributed by atoms with van der Waals surface area (Å²) in [7, 11) is 0. The lowest BCUT2D eigenvalue weighted by atomic mass is 10.0. The van der Waals surface area contributed by atoms with Crippen LogP contribution in [-0.4, -0.2) is 33.7 Å². The maximum absolute atomic E-state index is 13.6. The van der Waals surface area contributed by atoms with Crippen LogP contribution < -0.4 is 14.4 Å². The first-order chi connectivity index (χ1) is 17.4. The Kier molecular flexibility index (Phi) is 5.85. The minimum absolute atomic E-state index is 0.0748. The van der Waals surface area contributed by atoms with E-state index in [9.17, 15) is 18.4 Å². The van der Waals surface area contributed by atoms with Crippen molar-refractivity contribution in [2.75, 3.05) is 4.90 Å². The molecule has 1 fully saturated rings. The molecule has 1 aromatic heterocycles. The Hall–Kier alpha value is -4.08. The molecule has 1 amide bonds. The van der Waals surface area contributed by atoms with E-state index in [-0.39, 0.29) is 35.0 Å². The van der Waals surface area contributed by atoms with Crippen LogP contribution in [0.15, 0.2) is 48.7 Å². The molecule has 2 heterocycles. The zero-order chi connectivity index (χ0) is 26.5. The van der Waals surface area contributed by atoms with E-state index in [1.807, 2.05) is 6.92 Å². The molecule has 1 aliphatic heterocycles. The number of alkyl halides is 2. The van der Waals surface area contributed by atoms with E-state index in [1.54, 1.807) is 51.2 Å². The highest BCUT2D eigenvalue weighted by Crippen LogP contribution is 2.44. The zero-order valence-electron chi connectivity index (χ0n) is 20.7. The summed E-state index contributed by atoms with van der Waals surface area (Å²) in [5.41, 5.74) is 1.84. The van der Waals surface area contributed by atoms with Crippen LogP contribution in [0.3, 0.4) is 0 Å². The number of anilines is 2. The summed E-state index contributed by atoms with van der Waals surface area (Å²) in [5.74, 6) is -1.17. The second-order valence-corrected chi connectivity index (χ2v) is 10.0. The summed E-state index contributed by atoms with van der Waals surface area (Å²) in [6.45, 7) is 7.18. The summed E-state index contributed by atoms with van der Waals surface area (Å²) in [6, 6.07) is 10.9. The first-order valence-corrected chi connectivity index (χ1v) is 11.8. The zero-order valence-corrected chi connectivity index (χ0v) is 20.7. The molecule has 0 spiro atoms. The summed E-state index contributed by atoms with van der Waals surface area (Å²) >= 11 is 0. The number of fused-ring (bicyclic) bond motifs is 1. The second-order valence-electron chi connectivity index (χ2n) is 10.0. The van der Waals surface area contributed by atoms with E-state index >= 15 is 0 Å². The molecule has 2 aromatic carbocycles. The van der Waals surface area contributed by atoms with Gasteiger partial charge in [0.25, 0.3) is 0 Å². The Balaban J connectivity index is 1.54. The van der Waals surface area contributed by atoms with E-state index < -0.39 is 17.9 Å². The van der Waals surface area contributed by atoms with Crippen LogP contribution in [0.25, 0.3) is 11.3 Å². The van der Waals surface area contributed by atoms with Crippen molar-refractivity contribution < 1.29 is 32.6 Å². The number of nitrogens with zero attached hydrogens (tertiary/aromatic N) is 3. The fourth-order valence-corrected chi connectivity index (χ4v) is 3.89. The number of halogens is 2. The van der Waals surface area contributed by atoms with Gasteiger partial charge in [0.1, 0.15) is 5.60 Å². The monoisotopic (exact) mass is 509 g/mol. The SMILES string of the molecule is Cc1cnc(N(C(=O)C2CC2)c2ccc3c(c2)OC(F)(F)O3)nc1-c1cccc(C(=O)OC(C)(C)C)c1. The molecule has 5 rings (SSSR count). The van der Waals surface area contributed by atoms with Crippen LogP contribution in [0.4, 0.5) is 20.4 Å². The Morgan fingerprint density at radius 2 is 1.81 bits per heavy atom. The molecule has 37 heavy (non-hydrogen) atoms. The van der Waals surface area contributed by atoms with E-state index in [0.717, 1.165) is 0 Å². The number of carbonyl (C=O) groups is 2. The standard InChI is InChI=1S/C27H25F2N3O5/c1-15-14-30-25(31-22(15)17-6-5-7-18(12-17)24(34)37-26(2,3)4)32(23(33)16-8-9-16)19-10-11-20-21(13-19)36-27(28,29)35-20/h5-7,10-14,16H,8-9H2,1-4H3. The summed E-state index contributed by atoms with van der Waals surface area (Å²) in [6.07, 6.45) is -0.770. The Morgan fingerprint density at radius 1 is 1.08 bits per heavy atom. The molecule has 192 valence electrons. The molecule has 10 heteroatoms. The van der Waals surface area contributed by atoms with Crippen molar-refractivity contribution in [3.8, 4) is 22.8 Å². The Bertz CT molecular complexity index is 1400. The van der Waals surface area contributed by atoms with Crippen molar-refractivity contribution in [2.45, 2.75) is 52.4 Å². The number of aryl methyl sites for hydroxylation is 1. The van der Waals surface area contributed by atoms with Crippen LogP contribution in [0.5, 0.6) is 11.5 Å². The van der Waals surface area contributed by atoms with Crippen molar-refractivity contribution in [1.82, 2.24) is 9.97 Å². The number of hydrogen-bond acceptors (Lipinski definition) is 7. The highest BCUT2D eigenvalue weighted by atomic mass is 19.3. The van der Waals surface area contributed by atoms with Crippen molar-refractivity contribution in [3.63, 3.8) is 0 Å². The van der Waals surface area contributed by atoms with Crippen molar-refractivity contribution in [3.05, 3.63) is 59.8 Å². The third-order valence-corrected chi connectivity index (χ3v) is 5.72. The minimum Gasteiger partial charge on any atom is -0.456 e. The van der Waals surface area contributed by atoms with Gasteiger partial charge in [-0.25, -0.2) is 19.7 Å². The largest absolute Gasteiger partial charge is 0.586 e. The molecule has 0 radical (unpaired) electrons. The molecular weight excluding hydrogens is 484 g/mol. The van der Waals surface area contributed by atoms with E-state index in [0.29, 0.717) is 35.2 Å². The van der Waals surface area contributed by atoms with Gasteiger partial charge in [0.05, 0.1) is 16.9 Å². The van der Waals surface area contributed by atoms with Crippen molar-refractivity contribution in [1.29, 1.82) is 0 Å². The van der Waals surface area contributed by atoms with E-state index in [2.05, 4.69) is 19.4 Å². The predicted molar refractivity (Wildman–Crippen MR) is 130 cm³/mol. The number of amides is 1. The summed E-state index contributed by atoms with van der Waals surface area (Å²) < 4.78 is 41.7. The topological polar surface area (TPSA) is 90.9 Å². The Labute approximate surface area is 212 Å².